The van der Waals surface area contributed by atoms with Crippen LogP contribution >= 0.6 is 0 Å². The van der Waals surface area contributed by atoms with E-state index >= 15 is 18.0 Å². The maximum atomic E-state index is 17.4. The SMILES string of the molecule is C=CC(=O)N1CC2C(=O)N(C)c3c(c4cc(F)c(-c5c(O)cccc5F)c(F)c4n(-c4c(C)cc(CN(C)C)cc4C(C)C)c3=O)N2CC1C. The molecule has 0 aliphatic carbocycles. The standard InChI is InChI=1S/C38H40F3N5O4/c1-9-29(48)44-18-27-37(49)43(8)36-35(45(27)16-21(44)5)24-15-26(40)31(30-25(39)11-10-12-28(30)47)32(41)34(24)46(38(36)50)33-20(4)13-22(17-42(6)7)14-23(33)19(2)3/h9-15,19,21,27,47H,1,16-18H2,2-8H3. The number of hydrogen-bond donors (Lipinski definition) is 1. The summed E-state index contributed by atoms with van der Waals surface area (Å²) in [4.78, 5) is 48.1. The minimum Gasteiger partial charge on any atom is -0.507 e. The van der Waals surface area contributed by atoms with Crippen LogP contribution in [0.25, 0.3) is 27.7 Å². The van der Waals surface area contributed by atoms with Crippen molar-refractivity contribution in [2.24, 2.45) is 0 Å². The summed E-state index contributed by atoms with van der Waals surface area (Å²) >= 11 is 0. The number of phenols is 1. The Balaban J connectivity index is 1.79. The Morgan fingerprint density at radius 3 is 2.36 bits per heavy atom. The minimum atomic E-state index is -1.25. The van der Waals surface area contributed by atoms with Crippen LogP contribution in [0.5, 0.6) is 5.75 Å². The monoisotopic (exact) mass is 687 g/mol. The molecular formula is C38H40F3N5O4. The van der Waals surface area contributed by atoms with Gasteiger partial charge in [-0.2, -0.15) is 0 Å². The molecule has 1 saturated heterocycles. The van der Waals surface area contributed by atoms with Crippen molar-refractivity contribution in [3.63, 3.8) is 0 Å². The maximum Gasteiger partial charge on any atom is 0.281 e. The first-order valence-corrected chi connectivity index (χ1v) is 16.4. The molecule has 2 atom stereocenters. The number of aromatic hydroxyl groups is 1. The average Bonchev–Trinajstić information content (AvgIpc) is 3.04. The van der Waals surface area contributed by atoms with Crippen molar-refractivity contribution >= 4 is 34.1 Å². The zero-order chi connectivity index (χ0) is 36.5. The summed E-state index contributed by atoms with van der Waals surface area (Å²) in [5, 5.41) is 10.6. The molecule has 0 saturated carbocycles. The summed E-state index contributed by atoms with van der Waals surface area (Å²) in [7, 11) is 5.29. The van der Waals surface area contributed by atoms with Crippen molar-refractivity contribution in [3.05, 3.63) is 93.5 Å². The number of phenolic OH excluding ortho intramolecular Hbond substituents is 1. The van der Waals surface area contributed by atoms with E-state index in [1.54, 1.807) is 18.7 Å². The van der Waals surface area contributed by atoms with Gasteiger partial charge < -0.3 is 24.7 Å². The second kappa shape index (κ2) is 12.7. The number of rotatable bonds is 6. The normalized spacial score (nSPS) is 17.5. The van der Waals surface area contributed by atoms with Gasteiger partial charge in [-0.3, -0.25) is 19.0 Å². The lowest BCUT2D eigenvalue weighted by atomic mass is 9.92. The van der Waals surface area contributed by atoms with Gasteiger partial charge in [-0.25, -0.2) is 13.2 Å². The van der Waals surface area contributed by atoms with Crippen LogP contribution in [0.3, 0.4) is 0 Å². The van der Waals surface area contributed by atoms with E-state index in [9.17, 15) is 14.7 Å². The Bertz CT molecular complexity index is 2140. The Kier molecular flexibility index (Phi) is 8.80. The van der Waals surface area contributed by atoms with Gasteiger partial charge in [0.25, 0.3) is 11.5 Å². The first-order chi connectivity index (χ1) is 23.6. The number of benzene rings is 3. The highest BCUT2D eigenvalue weighted by molar-refractivity contribution is 6.13. The van der Waals surface area contributed by atoms with Crippen LogP contribution in [0.15, 0.2) is 53.8 Å². The molecule has 2 aliphatic heterocycles. The van der Waals surface area contributed by atoms with Crippen LogP contribution in [0.4, 0.5) is 24.5 Å². The molecule has 50 heavy (non-hydrogen) atoms. The minimum absolute atomic E-state index is 0.0271. The van der Waals surface area contributed by atoms with Gasteiger partial charge >= 0.3 is 0 Å². The Morgan fingerprint density at radius 1 is 1.04 bits per heavy atom. The van der Waals surface area contributed by atoms with Gasteiger partial charge in [0.05, 0.1) is 34.6 Å². The quantitative estimate of drug-likeness (QED) is 0.256. The Hall–Kier alpha value is -5.10. The van der Waals surface area contributed by atoms with Crippen LogP contribution in [0.1, 0.15) is 43.4 Å². The first-order valence-electron chi connectivity index (χ1n) is 16.4. The predicted octanol–water partition coefficient (Wildman–Crippen LogP) is 5.84. The highest BCUT2D eigenvalue weighted by Gasteiger charge is 2.46. The molecule has 0 spiro atoms. The fourth-order valence-corrected chi connectivity index (χ4v) is 7.52. The maximum absolute atomic E-state index is 17.4. The first kappa shape index (κ1) is 34.8. The third kappa shape index (κ3) is 5.33. The van der Waals surface area contributed by atoms with E-state index in [4.69, 9.17) is 0 Å². The van der Waals surface area contributed by atoms with Crippen molar-refractivity contribution in [1.29, 1.82) is 0 Å². The number of aryl methyl sites for hydroxylation is 1. The molecule has 0 radical (unpaired) electrons. The number of hydrogen-bond acceptors (Lipinski definition) is 6. The van der Waals surface area contributed by atoms with Gasteiger partial charge in [0.1, 0.15) is 29.1 Å². The summed E-state index contributed by atoms with van der Waals surface area (Å²) in [6.45, 7) is 11.6. The van der Waals surface area contributed by atoms with Crippen LogP contribution in [-0.2, 0) is 16.1 Å². The summed E-state index contributed by atoms with van der Waals surface area (Å²) in [6, 6.07) is 6.78. The molecular weight excluding hydrogens is 647 g/mol. The van der Waals surface area contributed by atoms with Gasteiger partial charge in [-0.1, -0.05) is 38.6 Å². The number of carbonyl (C=O) groups excluding carboxylic acids is 2. The van der Waals surface area contributed by atoms with Crippen LogP contribution in [0.2, 0.25) is 0 Å². The molecule has 3 heterocycles. The largest absolute Gasteiger partial charge is 0.507 e. The number of pyridine rings is 1. The third-order valence-corrected chi connectivity index (χ3v) is 9.71. The van der Waals surface area contributed by atoms with E-state index in [-0.39, 0.29) is 47.2 Å². The number of carbonyl (C=O) groups is 2. The molecule has 1 fully saturated rings. The Morgan fingerprint density at radius 2 is 1.74 bits per heavy atom. The van der Waals surface area contributed by atoms with E-state index in [1.807, 2.05) is 45.0 Å². The average molecular weight is 688 g/mol. The van der Waals surface area contributed by atoms with Crippen molar-refractivity contribution in [3.8, 4) is 22.6 Å². The van der Waals surface area contributed by atoms with Crippen LogP contribution in [0, 0.1) is 24.4 Å². The molecule has 2 unspecified atom stereocenters. The van der Waals surface area contributed by atoms with Gasteiger partial charge in [0, 0.05) is 31.6 Å². The molecule has 6 rings (SSSR count). The fraction of sp³-hybridized carbons (Fsp3) is 0.342. The van der Waals surface area contributed by atoms with Crippen molar-refractivity contribution < 1.29 is 27.9 Å². The summed E-state index contributed by atoms with van der Waals surface area (Å²) in [5.74, 6) is -5.16. The van der Waals surface area contributed by atoms with Gasteiger partial charge in [0.15, 0.2) is 5.82 Å². The molecule has 1 aromatic heterocycles. The molecule has 9 nitrogen and oxygen atoms in total. The van der Waals surface area contributed by atoms with Crippen molar-refractivity contribution in [2.75, 3.05) is 44.0 Å². The number of anilines is 2. The fourth-order valence-electron chi connectivity index (χ4n) is 7.52. The van der Waals surface area contributed by atoms with Gasteiger partial charge in [-0.05, 0) is 74.8 Å². The molecule has 3 aromatic carbocycles. The Labute approximate surface area is 288 Å². The lowest BCUT2D eigenvalue weighted by Crippen LogP contribution is -2.66. The summed E-state index contributed by atoms with van der Waals surface area (Å²) in [5.41, 5.74) is 0.0967. The van der Waals surface area contributed by atoms with Crippen LogP contribution < -0.4 is 15.4 Å². The topological polar surface area (TPSA) is 89.3 Å². The van der Waals surface area contributed by atoms with Crippen molar-refractivity contribution in [1.82, 2.24) is 14.4 Å². The number of piperazine rings is 1. The molecule has 262 valence electrons. The van der Waals surface area contributed by atoms with E-state index in [0.29, 0.717) is 23.4 Å². The number of halogens is 3. The van der Waals surface area contributed by atoms with Crippen molar-refractivity contribution in [2.45, 2.75) is 52.2 Å². The number of nitrogens with zero attached hydrogens (tertiary/aromatic N) is 5. The highest BCUT2D eigenvalue weighted by atomic mass is 19.1. The highest BCUT2D eigenvalue weighted by Crippen LogP contribution is 2.46. The molecule has 12 heteroatoms. The number of likely N-dealkylation sites (N-methyl/N-ethyl adjacent to an activating group) is 1. The third-order valence-electron chi connectivity index (χ3n) is 9.71. The lowest BCUT2D eigenvalue weighted by molar-refractivity contribution is -0.130. The smallest absolute Gasteiger partial charge is 0.281 e. The summed E-state index contributed by atoms with van der Waals surface area (Å²) < 4.78 is 50.3. The molecule has 1 N–H and O–H groups in total. The molecule has 0 bridgehead atoms. The lowest BCUT2D eigenvalue weighted by Gasteiger charge is -2.50. The number of fused-ring (bicyclic) bond motifs is 5. The van der Waals surface area contributed by atoms with E-state index < -0.39 is 57.9 Å². The predicted molar refractivity (Wildman–Crippen MR) is 189 cm³/mol. The summed E-state index contributed by atoms with van der Waals surface area (Å²) in [6.07, 6.45) is 1.16. The number of amides is 2. The van der Waals surface area contributed by atoms with E-state index in [0.717, 1.165) is 29.8 Å². The van der Waals surface area contributed by atoms with Gasteiger partial charge in [-0.15, -0.1) is 0 Å². The van der Waals surface area contributed by atoms with E-state index in [2.05, 4.69) is 6.58 Å². The number of aromatic nitrogens is 1. The molecule has 2 amide bonds. The zero-order valence-electron chi connectivity index (χ0n) is 29.1. The van der Waals surface area contributed by atoms with E-state index in [1.165, 1.54) is 27.5 Å². The second-order valence-corrected chi connectivity index (χ2v) is 13.8. The molecule has 4 aromatic rings. The van der Waals surface area contributed by atoms with Gasteiger partial charge in [0.2, 0.25) is 5.91 Å². The zero-order valence-corrected chi connectivity index (χ0v) is 29.1. The second-order valence-electron chi connectivity index (χ2n) is 13.8. The molecule has 2 aliphatic rings. The van der Waals surface area contributed by atoms with Crippen LogP contribution in [-0.4, -0.2) is 77.6 Å².